The van der Waals surface area contributed by atoms with Crippen LogP contribution in [0.25, 0.3) is 0 Å². The highest BCUT2D eigenvalue weighted by atomic mass is 32.2. The van der Waals surface area contributed by atoms with Gasteiger partial charge in [0.1, 0.15) is 6.26 Å². The van der Waals surface area contributed by atoms with Crippen molar-refractivity contribution in [3.05, 3.63) is 12.7 Å². The van der Waals surface area contributed by atoms with Gasteiger partial charge in [-0.15, -0.1) is 11.8 Å². The molecule has 0 bridgehead atoms. The van der Waals surface area contributed by atoms with E-state index in [4.69, 9.17) is 4.42 Å². The van der Waals surface area contributed by atoms with Crippen molar-refractivity contribution in [1.82, 2.24) is 9.88 Å². The van der Waals surface area contributed by atoms with Crippen LogP contribution in [0.3, 0.4) is 0 Å². The molecule has 1 fully saturated rings. The molecule has 2 heterocycles. The lowest BCUT2D eigenvalue weighted by Crippen LogP contribution is -2.32. The number of amides is 2. The largest absolute Gasteiger partial charge is 0.449 e. The average molecular weight is 199 g/mol. The molecular formula is C7H9N3O2S. The molecule has 2 rings (SSSR count). The van der Waals surface area contributed by atoms with Gasteiger partial charge in [0.05, 0.1) is 5.88 Å². The van der Waals surface area contributed by atoms with E-state index in [9.17, 15) is 4.79 Å². The third kappa shape index (κ3) is 1.95. The predicted octanol–water partition coefficient (Wildman–Crippen LogP) is 1.21. The van der Waals surface area contributed by atoms with Crippen LogP contribution in [0.5, 0.6) is 0 Å². The number of oxazole rings is 1. The number of anilines is 1. The fourth-order valence-corrected chi connectivity index (χ4v) is 1.98. The summed E-state index contributed by atoms with van der Waals surface area (Å²) in [6, 6.07) is -0.112. The minimum Gasteiger partial charge on any atom is -0.449 e. The summed E-state index contributed by atoms with van der Waals surface area (Å²) < 4.78 is 4.73. The van der Waals surface area contributed by atoms with E-state index in [2.05, 4.69) is 10.3 Å². The Morgan fingerprint density at radius 1 is 1.77 bits per heavy atom. The van der Waals surface area contributed by atoms with Crippen LogP contribution in [-0.2, 0) is 0 Å². The number of nitrogens with zero attached hydrogens (tertiary/aromatic N) is 2. The van der Waals surface area contributed by atoms with Gasteiger partial charge >= 0.3 is 6.03 Å². The molecule has 0 aliphatic carbocycles. The number of urea groups is 1. The summed E-state index contributed by atoms with van der Waals surface area (Å²) in [7, 11) is 0. The average Bonchev–Trinajstić information content (AvgIpc) is 2.74. The SMILES string of the molecule is O=C(Nc1cocn1)N1CCSC1. The van der Waals surface area contributed by atoms with Gasteiger partial charge in [-0.1, -0.05) is 0 Å². The molecule has 0 spiro atoms. The van der Waals surface area contributed by atoms with Crippen LogP contribution in [-0.4, -0.2) is 34.1 Å². The Kier molecular flexibility index (Phi) is 2.40. The topological polar surface area (TPSA) is 58.4 Å². The first-order chi connectivity index (χ1) is 6.36. The van der Waals surface area contributed by atoms with Crippen molar-refractivity contribution in [2.24, 2.45) is 0 Å². The summed E-state index contributed by atoms with van der Waals surface area (Å²) in [5.74, 6) is 2.22. The zero-order valence-corrected chi connectivity index (χ0v) is 7.71. The second kappa shape index (κ2) is 3.69. The number of hydrogen-bond acceptors (Lipinski definition) is 4. The second-order valence-corrected chi connectivity index (χ2v) is 3.68. The van der Waals surface area contributed by atoms with E-state index < -0.39 is 0 Å². The van der Waals surface area contributed by atoms with E-state index in [-0.39, 0.29) is 6.03 Å². The number of carbonyl (C=O) groups is 1. The van der Waals surface area contributed by atoms with Crippen LogP contribution >= 0.6 is 11.8 Å². The zero-order valence-electron chi connectivity index (χ0n) is 6.90. The first-order valence-corrected chi connectivity index (χ1v) is 5.03. The number of nitrogens with one attached hydrogen (secondary N) is 1. The van der Waals surface area contributed by atoms with Crippen LogP contribution in [0.1, 0.15) is 0 Å². The standard InChI is InChI=1S/C7H9N3O2S/c11-7(10-1-2-13-5-10)9-6-3-12-4-8-6/h3-4H,1-2,5H2,(H,9,11). The van der Waals surface area contributed by atoms with E-state index >= 15 is 0 Å². The van der Waals surface area contributed by atoms with Crippen molar-refractivity contribution in [3.63, 3.8) is 0 Å². The summed E-state index contributed by atoms with van der Waals surface area (Å²) in [6.07, 6.45) is 2.69. The molecule has 0 atom stereocenters. The molecule has 2 amide bonds. The van der Waals surface area contributed by atoms with Crippen LogP contribution in [0.15, 0.2) is 17.1 Å². The van der Waals surface area contributed by atoms with Crippen molar-refractivity contribution in [2.75, 3.05) is 23.5 Å². The molecule has 0 aromatic carbocycles. The molecule has 1 aliphatic heterocycles. The summed E-state index contributed by atoms with van der Waals surface area (Å²) >= 11 is 1.74. The van der Waals surface area contributed by atoms with Gasteiger partial charge in [0.2, 0.25) is 0 Å². The Bertz CT molecular complexity index is 282. The molecule has 6 heteroatoms. The van der Waals surface area contributed by atoms with E-state index in [1.54, 1.807) is 16.7 Å². The van der Waals surface area contributed by atoms with Crippen molar-refractivity contribution < 1.29 is 9.21 Å². The Hall–Kier alpha value is -1.17. The molecule has 13 heavy (non-hydrogen) atoms. The number of rotatable bonds is 1. The van der Waals surface area contributed by atoms with Gasteiger partial charge < -0.3 is 9.32 Å². The minimum absolute atomic E-state index is 0.112. The molecule has 1 N–H and O–H groups in total. The van der Waals surface area contributed by atoms with Gasteiger partial charge in [-0.05, 0) is 0 Å². The maximum Gasteiger partial charge on any atom is 0.323 e. The van der Waals surface area contributed by atoms with Gasteiger partial charge in [-0.3, -0.25) is 5.32 Å². The lowest BCUT2D eigenvalue weighted by Gasteiger charge is -2.13. The predicted molar refractivity (Wildman–Crippen MR) is 49.6 cm³/mol. The maximum atomic E-state index is 11.4. The van der Waals surface area contributed by atoms with Gasteiger partial charge in [-0.2, -0.15) is 4.98 Å². The summed E-state index contributed by atoms with van der Waals surface area (Å²) in [5, 5.41) is 2.63. The highest BCUT2D eigenvalue weighted by molar-refractivity contribution is 7.99. The molecule has 1 aromatic rings. The molecule has 1 aliphatic rings. The lowest BCUT2D eigenvalue weighted by atomic mass is 10.6. The summed E-state index contributed by atoms with van der Waals surface area (Å²) in [4.78, 5) is 17.0. The van der Waals surface area contributed by atoms with Crippen LogP contribution < -0.4 is 5.32 Å². The Morgan fingerprint density at radius 2 is 2.69 bits per heavy atom. The monoisotopic (exact) mass is 199 g/mol. The van der Waals surface area contributed by atoms with Gasteiger partial charge in [0, 0.05) is 12.3 Å². The number of aromatic nitrogens is 1. The molecule has 70 valence electrons. The van der Waals surface area contributed by atoms with Gasteiger partial charge in [0.25, 0.3) is 0 Å². The molecule has 0 saturated carbocycles. The third-order valence-corrected chi connectivity index (χ3v) is 2.67. The van der Waals surface area contributed by atoms with E-state index in [0.29, 0.717) is 5.82 Å². The summed E-state index contributed by atoms with van der Waals surface area (Å²) in [5.41, 5.74) is 0. The normalized spacial score (nSPS) is 16.2. The molecule has 1 aromatic heterocycles. The Labute approximate surface area is 79.5 Å². The molecule has 0 unspecified atom stereocenters. The highest BCUT2D eigenvalue weighted by Gasteiger charge is 2.18. The van der Waals surface area contributed by atoms with Crippen molar-refractivity contribution in [1.29, 1.82) is 0 Å². The van der Waals surface area contributed by atoms with Crippen LogP contribution in [0.2, 0.25) is 0 Å². The summed E-state index contributed by atoms with van der Waals surface area (Å²) in [6.45, 7) is 0.800. The van der Waals surface area contributed by atoms with Crippen LogP contribution in [0.4, 0.5) is 10.6 Å². The van der Waals surface area contributed by atoms with E-state index in [1.807, 2.05) is 0 Å². The zero-order chi connectivity index (χ0) is 9.10. The van der Waals surface area contributed by atoms with E-state index in [1.165, 1.54) is 12.7 Å². The van der Waals surface area contributed by atoms with E-state index in [0.717, 1.165) is 18.2 Å². The van der Waals surface area contributed by atoms with Crippen molar-refractivity contribution in [2.45, 2.75) is 0 Å². The maximum absolute atomic E-state index is 11.4. The fraction of sp³-hybridized carbons (Fsp3) is 0.429. The first-order valence-electron chi connectivity index (χ1n) is 3.88. The first kappa shape index (κ1) is 8.43. The lowest BCUT2D eigenvalue weighted by molar-refractivity contribution is 0.225. The fourth-order valence-electron chi connectivity index (χ4n) is 1.04. The number of carbonyl (C=O) groups excluding carboxylic acids is 1. The third-order valence-electron chi connectivity index (χ3n) is 1.71. The second-order valence-electron chi connectivity index (χ2n) is 2.60. The van der Waals surface area contributed by atoms with Gasteiger partial charge in [-0.25, -0.2) is 4.79 Å². The van der Waals surface area contributed by atoms with Crippen molar-refractivity contribution in [3.8, 4) is 0 Å². The quantitative estimate of drug-likeness (QED) is 0.738. The number of hydrogen-bond donors (Lipinski definition) is 1. The molecular weight excluding hydrogens is 190 g/mol. The van der Waals surface area contributed by atoms with Crippen LogP contribution in [0, 0.1) is 0 Å². The molecule has 1 saturated heterocycles. The highest BCUT2D eigenvalue weighted by Crippen LogP contribution is 2.14. The Balaban J connectivity index is 1.91. The molecule has 5 nitrogen and oxygen atoms in total. The van der Waals surface area contributed by atoms with Crippen molar-refractivity contribution >= 4 is 23.6 Å². The Morgan fingerprint density at radius 3 is 3.31 bits per heavy atom. The van der Waals surface area contributed by atoms with Gasteiger partial charge in [0.15, 0.2) is 12.2 Å². The minimum atomic E-state index is -0.112. The molecule has 0 radical (unpaired) electrons. The smallest absolute Gasteiger partial charge is 0.323 e. The number of thioether (sulfide) groups is 1.